The second kappa shape index (κ2) is 6.27. The number of alkyl halides is 1. The van der Waals surface area contributed by atoms with E-state index in [-0.39, 0.29) is 16.9 Å². The van der Waals surface area contributed by atoms with Crippen LogP contribution < -0.4 is 0 Å². The standard InChI is InChI=1S/C10H18ClN3O2S2/c1-7(6-17-4)14(3)18(15,16)10-9(5-11)8(2)12-13-10/h7H,5-6H2,1-4H3,(H,12,13). The summed E-state index contributed by atoms with van der Waals surface area (Å²) in [6.45, 7) is 3.63. The maximum atomic E-state index is 12.4. The summed E-state index contributed by atoms with van der Waals surface area (Å²) in [6.07, 6.45) is 1.94. The molecule has 1 atom stereocenters. The lowest BCUT2D eigenvalue weighted by molar-refractivity contribution is 0.412. The van der Waals surface area contributed by atoms with Gasteiger partial charge in [-0.1, -0.05) is 0 Å². The summed E-state index contributed by atoms with van der Waals surface area (Å²) in [4.78, 5) is 0. The normalized spacial score (nSPS) is 14.1. The third-order valence-corrected chi connectivity index (χ3v) is 5.85. The van der Waals surface area contributed by atoms with Gasteiger partial charge in [-0.25, -0.2) is 8.42 Å². The molecule has 18 heavy (non-hydrogen) atoms. The molecule has 5 nitrogen and oxygen atoms in total. The Hall–Kier alpha value is -0.240. The maximum absolute atomic E-state index is 12.4. The number of aryl methyl sites for hydroxylation is 1. The van der Waals surface area contributed by atoms with Gasteiger partial charge in [0.2, 0.25) is 0 Å². The zero-order chi connectivity index (χ0) is 13.9. The fourth-order valence-electron chi connectivity index (χ4n) is 1.52. The lowest BCUT2D eigenvalue weighted by Gasteiger charge is -2.22. The molecule has 0 aliphatic carbocycles. The van der Waals surface area contributed by atoms with Crippen LogP contribution in [0.2, 0.25) is 0 Å². The third kappa shape index (κ3) is 3.01. The molecule has 8 heteroatoms. The highest BCUT2D eigenvalue weighted by molar-refractivity contribution is 7.98. The molecule has 0 radical (unpaired) electrons. The lowest BCUT2D eigenvalue weighted by atomic mass is 10.3. The first-order valence-electron chi connectivity index (χ1n) is 5.43. The van der Waals surface area contributed by atoms with E-state index in [1.807, 2.05) is 13.2 Å². The minimum atomic E-state index is -3.59. The number of aromatic nitrogens is 2. The van der Waals surface area contributed by atoms with Gasteiger partial charge in [-0.3, -0.25) is 5.10 Å². The first-order valence-corrected chi connectivity index (χ1v) is 8.79. The molecule has 0 fully saturated rings. The molecule has 1 aromatic rings. The topological polar surface area (TPSA) is 66.1 Å². The molecule has 0 aliphatic rings. The minimum Gasteiger partial charge on any atom is -0.281 e. The van der Waals surface area contributed by atoms with E-state index in [4.69, 9.17) is 11.6 Å². The highest BCUT2D eigenvalue weighted by Crippen LogP contribution is 2.23. The van der Waals surface area contributed by atoms with Gasteiger partial charge in [-0.05, 0) is 20.1 Å². The number of halogens is 1. The quantitative estimate of drug-likeness (QED) is 0.814. The molecule has 1 unspecified atom stereocenters. The average molecular weight is 312 g/mol. The summed E-state index contributed by atoms with van der Waals surface area (Å²) in [5.74, 6) is 0.858. The number of aromatic amines is 1. The zero-order valence-electron chi connectivity index (χ0n) is 10.9. The molecule has 0 saturated carbocycles. The largest absolute Gasteiger partial charge is 0.281 e. The lowest BCUT2D eigenvalue weighted by Crippen LogP contribution is -2.37. The molecule has 1 rings (SSSR count). The van der Waals surface area contributed by atoms with Crippen LogP contribution >= 0.6 is 23.4 Å². The zero-order valence-corrected chi connectivity index (χ0v) is 13.3. The van der Waals surface area contributed by atoms with E-state index in [1.165, 1.54) is 4.31 Å². The predicted molar refractivity (Wildman–Crippen MR) is 75.7 cm³/mol. The smallest absolute Gasteiger partial charge is 0.262 e. The van der Waals surface area contributed by atoms with Crippen LogP contribution in [-0.2, 0) is 15.9 Å². The number of hydrogen-bond acceptors (Lipinski definition) is 4. The van der Waals surface area contributed by atoms with Crippen LogP contribution in [0.5, 0.6) is 0 Å². The van der Waals surface area contributed by atoms with Crippen LogP contribution in [0.3, 0.4) is 0 Å². The Kier molecular flexibility index (Phi) is 5.51. The molecule has 1 heterocycles. The van der Waals surface area contributed by atoms with Gasteiger partial charge in [0.1, 0.15) is 0 Å². The van der Waals surface area contributed by atoms with Crippen molar-refractivity contribution >= 4 is 33.4 Å². The number of nitrogens with one attached hydrogen (secondary N) is 1. The summed E-state index contributed by atoms with van der Waals surface area (Å²) < 4.78 is 26.2. The van der Waals surface area contributed by atoms with Gasteiger partial charge in [-0.2, -0.15) is 21.2 Å². The van der Waals surface area contributed by atoms with Crippen LogP contribution in [0.4, 0.5) is 0 Å². The highest BCUT2D eigenvalue weighted by atomic mass is 35.5. The number of H-pyrrole nitrogens is 1. The van der Waals surface area contributed by atoms with Crippen LogP contribution in [0.25, 0.3) is 0 Å². The molecular formula is C10H18ClN3O2S2. The van der Waals surface area contributed by atoms with Gasteiger partial charge >= 0.3 is 0 Å². The van der Waals surface area contributed by atoms with Crippen LogP contribution in [0, 0.1) is 6.92 Å². The van der Waals surface area contributed by atoms with Crippen molar-refractivity contribution in [2.75, 3.05) is 19.1 Å². The molecule has 104 valence electrons. The molecule has 0 amide bonds. The number of nitrogens with zero attached hydrogens (tertiary/aromatic N) is 2. The summed E-state index contributed by atoms with van der Waals surface area (Å²) in [5, 5.41) is 6.58. The first kappa shape index (κ1) is 15.8. The van der Waals surface area contributed by atoms with E-state index in [0.29, 0.717) is 11.3 Å². The number of thioether (sulfide) groups is 1. The monoisotopic (exact) mass is 311 g/mol. The van der Waals surface area contributed by atoms with Crippen molar-refractivity contribution in [3.05, 3.63) is 11.3 Å². The number of sulfonamides is 1. The Bertz CT molecular complexity index is 501. The highest BCUT2D eigenvalue weighted by Gasteiger charge is 2.30. The van der Waals surface area contributed by atoms with Crippen molar-refractivity contribution in [1.82, 2.24) is 14.5 Å². The first-order chi connectivity index (χ1) is 8.36. The molecule has 0 saturated heterocycles. The second-order valence-corrected chi connectivity index (χ2v) is 7.18. The van der Waals surface area contributed by atoms with Crippen molar-refractivity contribution in [3.8, 4) is 0 Å². The Morgan fingerprint density at radius 1 is 1.56 bits per heavy atom. The predicted octanol–water partition coefficient (Wildman–Crippen LogP) is 1.83. The molecular weight excluding hydrogens is 294 g/mol. The van der Waals surface area contributed by atoms with Gasteiger partial charge in [0, 0.05) is 30.1 Å². The Morgan fingerprint density at radius 3 is 2.67 bits per heavy atom. The van der Waals surface area contributed by atoms with E-state index in [1.54, 1.807) is 25.7 Å². The summed E-state index contributed by atoms with van der Waals surface area (Å²) >= 11 is 7.39. The molecule has 1 N–H and O–H groups in total. The van der Waals surface area contributed by atoms with Crippen LogP contribution in [0.15, 0.2) is 5.03 Å². The molecule has 0 aliphatic heterocycles. The molecule has 0 spiro atoms. The van der Waals surface area contributed by atoms with Crippen LogP contribution in [0.1, 0.15) is 18.2 Å². The van der Waals surface area contributed by atoms with E-state index in [0.717, 1.165) is 5.75 Å². The minimum absolute atomic E-state index is 0.0328. The van der Waals surface area contributed by atoms with Gasteiger partial charge in [-0.15, -0.1) is 11.6 Å². The second-order valence-electron chi connectivity index (χ2n) is 4.09. The number of hydrogen-bond donors (Lipinski definition) is 1. The van der Waals surface area contributed by atoms with Crippen molar-refractivity contribution < 1.29 is 8.42 Å². The summed E-state index contributed by atoms with van der Waals surface area (Å²) in [5.41, 5.74) is 1.23. The van der Waals surface area contributed by atoms with E-state index in [2.05, 4.69) is 10.2 Å². The third-order valence-electron chi connectivity index (χ3n) is 2.82. The van der Waals surface area contributed by atoms with E-state index < -0.39 is 10.0 Å². The fourth-order valence-corrected chi connectivity index (χ4v) is 4.25. The van der Waals surface area contributed by atoms with Gasteiger partial charge in [0.25, 0.3) is 10.0 Å². The summed E-state index contributed by atoms with van der Waals surface area (Å²) in [7, 11) is -2.02. The Labute approximate surface area is 117 Å². The SMILES string of the molecule is CSCC(C)N(C)S(=O)(=O)c1n[nH]c(C)c1CCl. The van der Waals surface area contributed by atoms with Gasteiger partial charge in [0.15, 0.2) is 5.03 Å². The van der Waals surface area contributed by atoms with Crippen molar-refractivity contribution in [1.29, 1.82) is 0 Å². The summed E-state index contributed by atoms with van der Waals surface area (Å²) in [6, 6.07) is -0.0924. The van der Waals surface area contributed by atoms with Gasteiger partial charge in [0.05, 0.1) is 5.88 Å². The van der Waals surface area contributed by atoms with E-state index >= 15 is 0 Å². The van der Waals surface area contributed by atoms with Crippen molar-refractivity contribution in [3.63, 3.8) is 0 Å². The van der Waals surface area contributed by atoms with Crippen molar-refractivity contribution in [2.45, 2.75) is 30.8 Å². The van der Waals surface area contributed by atoms with Crippen LogP contribution in [-0.4, -0.2) is 48.0 Å². The molecule has 1 aromatic heterocycles. The van der Waals surface area contributed by atoms with Gasteiger partial charge < -0.3 is 0 Å². The van der Waals surface area contributed by atoms with E-state index in [9.17, 15) is 8.42 Å². The Morgan fingerprint density at radius 2 is 2.17 bits per heavy atom. The maximum Gasteiger partial charge on any atom is 0.262 e. The molecule has 0 bridgehead atoms. The fraction of sp³-hybridized carbons (Fsp3) is 0.700. The molecule has 0 aromatic carbocycles. The number of rotatable bonds is 6. The van der Waals surface area contributed by atoms with Crippen molar-refractivity contribution in [2.24, 2.45) is 0 Å². The average Bonchev–Trinajstić information content (AvgIpc) is 2.70. The Balaban J connectivity index is 3.13.